The zero-order chi connectivity index (χ0) is 15.8. The highest BCUT2D eigenvalue weighted by atomic mass is 16.5. The molecule has 0 fully saturated rings. The van der Waals surface area contributed by atoms with Gasteiger partial charge in [-0.3, -0.25) is 0 Å². The molecule has 0 saturated carbocycles. The lowest BCUT2D eigenvalue weighted by Gasteiger charge is -2.15. The number of benzene rings is 1. The predicted molar refractivity (Wildman–Crippen MR) is 78.0 cm³/mol. The van der Waals surface area contributed by atoms with Crippen LogP contribution in [0.2, 0.25) is 0 Å². The van der Waals surface area contributed by atoms with Crippen LogP contribution in [0.25, 0.3) is 0 Å². The summed E-state index contributed by atoms with van der Waals surface area (Å²) in [5, 5.41) is 14.0. The second kappa shape index (κ2) is 7.98. The van der Waals surface area contributed by atoms with Gasteiger partial charge in [-0.25, -0.2) is 9.59 Å². The Morgan fingerprint density at radius 3 is 2.19 bits per heavy atom. The first kappa shape index (κ1) is 16.6. The summed E-state index contributed by atoms with van der Waals surface area (Å²) in [6.07, 6.45) is 1.02. The Balaban J connectivity index is 2.75. The molecule has 7 heteroatoms. The van der Waals surface area contributed by atoms with E-state index in [9.17, 15) is 9.59 Å². The topological polar surface area (TPSA) is 96.9 Å². The molecule has 116 valence electrons. The van der Waals surface area contributed by atoms with Crippen molar-refractivity contribution < 1.29 is 24.2 Å². The second-order valence-electron chi connectivity index (χ2n) is 4.38. The highest BCUT2D eigenvalue weighted by Crippen LogP contribution is 2.25. The monoisotopic (exact) mass is 296 g/mol. The lowest BCUT2D eigenvalue weighted by atomic mass is 10.2. The maximum absolute atomic E-state index is 11.8. The Kier molecular flexibility index (Phi) is 6.32. The highest BCUT2D eigenvalue weighted by molar-refractivity contribution is 5.92. The van der Waals surface area contributed by atoms with Gasteiger partial charge < -0.3 is 25.2 Å². The molecule has 0 aromatic heterocycles. The minimum absolute atomic E-state index is 0.365. The number of urea groups is 1. The zero-order valence-electron chi connectivity index (χ0n) is 12.3. The van der Waals surface area contributed by atoms with Gasteiger partial charge in [0.1, 0.15) is 17.5 Å². The molecule has 7 nitrogen and oxygen atoms in total. The van der Waals surface area contributed by atoms with E-state index in [2.05, 4.69) is 10.6 Å². The summed E-state index contributed by atoms with van der Waals surface area (Å²) in [6, 6.07) is 3.38. The number of anilines is 1. The molecule has 2 amide bonds. The van der Waals surface area contributed by atoms with Gasteiger partial charge in [0.2, 0.25) is 0 Å². The van der Waals surface area contributed by atoms with Crippen LogP contribution in [-0.4, -0.2) is 37.4 Å². The number of carbonyl (C=O) groups excluding carboxylic acids is 1. The van der Waals surface area contributed by atoms with Crippen LogP contribution < -0.4 is 20.1 Å². The number of amides is 2. The molecule has 0 saturated heterocycles. The Hall–Kier alpha value is -2.44. The van der Waals surface area contributed by atoms with Crippen molar-refractivity contribution in [1.29, 1.82) is 0 Å². The van der Waals surface area contributed by atoms with Gasteiger partial charge >= 0.3 is 12.0 Å². The van der Waals surface area contributed by atoms with Crippen molar-refractivity contribution in [3.63, 3.8) is 0 Å². The van der Waals surface area contributed by atoms with Gasteiger partial charge in [-0.2, -0.15) is 0 Å². The molecule has 1 atom stereocenters. The molecule has 21 heavy (non-hydrogen) atoms. The number of aliphatic carboxylic acids is 1. The van der Waals surface area contributed by atoms with E-state index in [1.165, 1.54) is 14.2 Å². The van der Waals surface area contributed by atoms with Crippen molar-refractivity contribution in [2.45, 2.75) is 25.8 Å². The Labute approximate surface area is 123 Å². The fourth-order valence-electron chi connectivity index (χ4n) is 1.75. The summed E-state index contributed by atoms with van der Waals surface area (Å²) in [4.78, 5) is 22.8. The summed E-state index contributed by atoms with van der Waals surface area (Å²) < 4.78 is 10.2. The molecule has 0 spiro atoms. The third-order valence-electron chi connectivity index (χ3n) is 2.79. The quantitative estimate of drug-likeness (QED) is 0.715. The van der Waals surface area contributed by atoms with Gasteiger partial charge in [-0.1, -0.05) is 13.3 Å². The van der Waals surface area contributed by atoms with Crippen molar-refractivity contribution in [1.82, 2.24) is 5.32 Å². The predicted octanol–water partition coefficient (Wildman–Crippen LogP) is 2.08. The van der Waals surface area contributed by atoms with Gasteiger partial charge in [0.05, 0.1) is 14.2 Å². The Bertz CT molecular complexity index is 482. The molecular formula is C14H20N2O5. The molecule has 0 unspecified atom stereocenters. The van der Waals surface area contributed by atoms with Crippen LogP contribution in [0.4, 0.5) is 10.5 Å². The minimum Gasteiger partial charge on any atom is -0.497 e. The van der Waals surface area contributed by atoms with Crippen LogP contribution in [-0.2, 0) is 4.79 Å². The molecule has 0 radical (unpaired) electrons. The molecule has 0 aliphatic heterocycles. The number of ether oxygens (including phenoxy) is 2. The minimum atomic E-state index is -1.06. The molecule has 1 aromatic rings. The number of hydrogen-bond donors (Lipinski definition) is 3. The number of hydrogen-bond acceptors (Lipinski definition) is 4. The number of methoxy groups -OCH3 is 2. The summed E-state index contributed by atoms with van der Waals surface area (Å²) in [5.74, 6) is -0.0174. The number of carbonyl (C=O) groups is 2. The SMILES string of the molecule is CCC[C@@H](NC(=O)Nc1cc(OC)cc(OC)c1)C(=O)O. The lowest BCUT2D eigenvalue weighted by molar-refractivity contribution is -0.139. The van der Waals surface area contributed by atoms with Crippen LogP contribution in [0.3, 0.4) is 0 Å². The van der Waals surface area contributed by atoms with E-state index in [0.29, 0.717) is 30.0 Å². The molecule has 1 aromatic carbocycles. The average molecular weight is 296 g/mol. The highest BCUT2D eigenvalue weighted by Gasteiger charge is 2.18. The molecule has 0 bridgehead atoms. The van der Waals surface area contributed by atoms with Gasteiger partial charge in [0.25, 0.3) is 0 Å². The Morgan fingerprint density at radius 1 is 1.19 bits per heavy atom. The van der Waals surface area contributed by atoms with E-state index in [1.807, 2.05) is 6.92 Å². The van der Waals surface area contributed by atoms with Gasteiger partial charge in [-0.05, 0) is 6.42 Å². The number of rotatable bonds is 7. The first-order valence-electron chi connectivity index (χ1n) is 6.53. The molecule has 0 heterocycles. The van der Waals surface area contributed by atoms with E-state index in [-0.39, 0.29) is 0 Å². The standard InChI is InChI=1S/C14H20N2O5/c1-4-5-12(13(17)18)16-14(19)15-9-6-10(20-2)8-11(7-9)21-3/h6-8,12H,4-5H2,1-3H3,(H,17,18)(H2,15,16,19)/t12-/m1/s1. The molecule has 1 rings (SSSR count). The lowest BCUT2D eigenvalue weighted by Crippen LogP contribution is -2.42. The number of carboxylic acid groups (broad SMARTS) is 1. The maximum atomic E-state index is 11.8. The summed E-state index contributed by atoms with van der Waals surface area (Å²) in [6.45, 7) is 1.85. The van der Waals surface area contributed by atoms with Crippen LogP contribution in [0.5, 0.6) is 11.5 Å². The van der Waals surface area contributed by atoms with Crippen LogP contribution in [0, 0.1) is 0 Å². The largest absolute Gasteiger partial charge is 0.497 e. The molecular weight excluding hydrogens is 276 g/mol. The Morgan fingerprint density at radius 2 is 1.76 bits per heavy atom. The zero-order valence-corrected chi connectivity index (χ0v) is 12.3. The van der Waals surface area contributed by atoms with E-state index < -0.39 is 18.0 Å². The van der Waals surface area contributed by atoms with Crippen LogP contribution >= 0.6 is 0 Å². The van der Waals surface area contributed by atoms with E-state index in [4.69, 9.17) is 14.6 Å². The van der Waals surface area contributed by atoms with Crippen LogP contribution in [0.1, 0.15) is 19.8 Å². The van der Waals surface area contributed by atoms with Crippen molar-refractivity contribution in [2.75, 3.05) is 19.5 Å². The van der Waals surface area contributed by atoms with Gasteiger partial charge in [0.15, 0.2) is 0 Å². The van der Waals surface area contributed by atoms with Crippen molar-refractivity contribution >= 4 is 17.7 Å². The average Bonchev–Trinajstić information content (AvgIpc) is 2.46. The summed E-state index contributed by atoms with van der Waals surface area (Å²) >= 11 is 0. The van der Waals surface area contributed by atoms with E-state index in [0.717, 1.165) is 0 Å². The number of carboxylic acids is 1. The van der Waals surface area contributed by atoms with Crippen LogP contribution in [0.15, 0.2) is 18.2 Å². The van der Waals surface area contributed by atoms with E-state index in [1.54, 1.807) is 18.2 Å². The second-order valence-corrected chi connectivity index (χ2v) is 4.38. The fraction of sp³-hybridized carbons (Fsp3) is 0.429. The summed E-state index contributed by atoms with van der Waals surface area (Å²) in [7, 11) is 3.00. The van der Waals surface area contributed by atoms with Crippen molar-refractivity contribution in [3.05, 3.63) is 18.2 Å². The maximum Gasteiger partial charge on any atom is 0.326 e. The van der Waals surface area contributed by atoms with Crippen molar-refractivity contribution in [2.24, 2.45) is 0 Å². The van der Waals surface area contributed by atoms with Gasteiger partial charge in [0, 0.05) is 23.9 Å². The normalized spacial score (nSPS) is 11.4. The fourth-order valence-corrected chi connectivity index (χ4v) is 1.75. The molecule has 3 N–H and O–H groups in total. The third kappa shape index (κ3) is 5.21. The van der Waals surface area contributed by atoms with E-state index >= 15 is 0 Å². The smallest absolute Gasteiger partial charge is 0.326 e. The van der Waals surface area contributed by atoms with Crippen molar-refractivity contribution in [3.8, 4) is 11.5 Å². The first-order valence-corrected chi connectivity index (χ1v) is 6.53. The molecule has 0 aliphatic rings. The number of nitrogens with one attached hydrogen (secondary N) is 2. The van der Waals surface area contributed by atoms with Gasteiger partial charge in [-0.15, -0.1) is 0 Å². The third-order valence-corrected chi connectivity index (χ3v) is 2.79. The molecule has 0 aliphatic carbocycles. The first-order chi connectivity index (χ1) is 9.99. The summed E-state index contributed by atoms with van der Waals surface area (Å²) in [5.41, 5.74) is 0.448.